The Bertz CT molecular complexity index is 693. The molecule has 1 aliphatic heterocycles. The number of anilines is 1. The second-order valence-corrected chi connectivity index (χ2v) is 6.27. The smallest absolute Gasteiger partial charge is 0.256 e. The van der Waals surface area contributed by atoms with Gasteiger partial charge in [0.25, 0.3) is 5.91 Å². The lowest BCUT2D eigenvalue weighted by molar-refractivity contribution is 0.0893. The van der Waals surface area contributed by atoms with Gasteiger partial charge in [-0.1, -0.05) is 18.2 Å². The monoisotopic (exact) mass is 343 g/mol. The average Bonchev–Trinajstić information content (AvgIpc) is 3.03. The predicted molar refractivity (Wildman–Crippen MR) is 96.8 cm³/mol. The van der Waals surface area contributed by atoms with E-state index in [0.29, 0.717) is 11.4 Å². The van der Waals surface area contributed by atoms with Crippen molar-refractivity contribution in [1.29, 1.82) is 0 Å². The summed E-state index contributed by atoms with van der Waals surface area (Å²) in [6, 6.07) is 9.73. The van der Waals surface area contributed by atoms with Crippen LogP contribution in [0.3, 0.4) is 0 Å². The molecule has 2 aromatic rings. The highest BCUT2D eigenvalue weighted by Crippen LogP contribution is 2.18. The van der Waals surface area contributed by atoms with Crippen LogP contribution in [0.25, 0.3) is 5.69 Å². The molecule has 7 nitrogen and oxygen atoms in total. The zero-order chi connectivity index (χ0) is 17.6. The molecule has 0 aliphatic carbocycles. The van der Waals surface area contributed by atoms with E-state index in [1.165, 1.54) is 6.20 Å². The highest BCUT2D eigenvalue weighted by Gasteiger charge is 2.23. The van der Waals surface area contributed by atoms with Gasteiger partial charge in [-0.15, -0.1) is 0 Å². The molecule has 1 aliphatic rings. The number of nitrogens with one attached hydrogen (secondary N) is 1. The van der Waals surface area contributed by atoms with Gasteiger partial charge in [0.15, 0.2) is 0 Å². The number of hydrogen-bond donors (Lipinski definition) is 2. The molecule has 0 unspecified atom stereocenters. The van der Waals surface area contributed by atoms with Crippen molar-refractivity contribution in [3.05, 3.63) is 42.1 Å². The molecule has 1 fully saturated rings. The maximum atomic E-state index is 12.6. The van der Waals surface area contributed by atoms with Gasteiger partial charge in [0.05, 0.1) is 18.5 Å². The summed E-state index contributed by atoms with van der Waals surface area (Å²) < 4.78 is 6.70. The Labute approximate surface area is 147 Å². The van der Waals surface area contributed by atoms with Crippen LogP contribution in [0.1, 0.15) is 23.2 Å². The first kappa shape index (κ1) is 17.4. The van der Waals surface area contributed by atoms with E-state index in [2.05, 4.69) is 15.3 Å². The fourth-order valence-corrected chi connectivity index (χ4v) is 3.09. The van der Waals surface area contributed by atoms with Crippen LogP contribution in [0.2, 0.25) is 0 Å². The van der Waals surface area contributed by atoms with Gasteiger partial charge >= 0.3 is 0 Å². The molecule has 3 N–H and O–H groups in total. The number of nitrogens with zero attached hydrogens (tertiary/aromatic N) is 3. The van der Waals surface area contributed by atoms with Crippen molar-refractivity contribution in [2.45, 2.75) is 18.9 Å². The number of amides is 1. The van der Waals surface area contributed by atoms with Gasteiger partial charge in [-0.3, -0.25) is 4.79 Å². The predicted octanol–water partition coefficient (Wildman–Crippen LogP) is 1.30. The Morgan fingerprint density at radius 2 is 2.04 bits per heavy atom. The fourth-order valence-electron chi connectivity index (χ4n) is 3.09. The molecule has 1 aromatic heterocycles. The number of piperidine rings is 1. The molecular weight excluding hydrogens is 318 g/mol. The first-order valence-corrected chi connectivity index (χ1v) is 8.60. The van der Waals surface area contributed by atoms with Crippen molar-refractivity contribution in [3.63, 3.8) is 0 Å². The van der Waals surface area contributed by atoms with E-state index in [4.69, 9.17) is 10.5 Å². The van der Waals surface area contributed by atoms with Crippen LogP contribution in [0.5, 0.6) is 0 Å². The number of aromatic nitrogens is 2. The third kappa shape index (κ3) is 4.18. The van der Waals surface area contributed by atoms with Crippen molar-refractivity contribution in [2.75, 3.05) is 39.1 Å². The molecule has 1 aromatic carbocycles. The van der Waals surface area contributed by atoms with Crippen molar-refractivity contribution in [1.82, 2.24) is 20.0 Å². The summed E-state index contributed by atoms with van der Waals surface area (Å²) in [5, 5.41) is 7.34. The number of ether oxygens (including phenoxy) is 1. The van der Waals surface area contributed by atoms with Gasteiger partial charge in [0.1, 0.15) is 11.4 Å². The van der Waals surface area contributed by atoms with E-state index in [1.807, 2.05) is 30.3 Å². The van der Waals surface area contributed by atoms with E-state index < -0.39 is 0 Å². The van der Waals surface area contributed by atoms with E-state index >= 15 is 0 Å². The molecule has 1 amide bonds. The first-order valence-electron chi connectivity index (χ1n) is 8.60. The second kappa shape index (κ2) is 8.13. The van der Waals surface area contributed by atoms with E-state index in [1.54, 1.807) is 11.8 Å². The Morgan fingerprint density at radius 3 is 2.72 bits per heavy atom. The molecule has 0 radical (unpaired) electrons. The summed E-state index contributed by atoms with van der Waals surface area (Å²) in [7, 11) is 1.72. The Balaban J connectivity index is 1.59. The van der Waals surface area contributed by atoms with Crippen molar-refractivity contribution in [3.8, 4) is 5.69 Å². The van der Waals surface area contributed by atoms with Gasteiger partial charge in [0, 0.05) is 32.8 Å². The van der Waals surface area contributed by atoms with Crippen molar-refractivity contribution in [2.24, 2.45) is 0 Å². The van der Waals surface area contributed by atoms with Crippen LogP contribution in [0.4, 0.5) is 5.82 Å². The minimum atomic E-state index is -0.157. The number of carbonyl (C=O) groups is 1. The van der Waals surface area contributed by atoms with E-state index in [0.717, 1.165) is 44.8 Å². The van der Waals surface area contributed by atoms with Gasteiger partial charge in [-0.05, 0) is 25.0 Å². The lowest BCUT2D eigenvalue weighted by Gasteiger charge is -2.32. The standard InChI is InChI=1S/C18H25N5O2/c1-25-12-11-22-9-7-14(8-10-22)21-18(24)16-13-20-23(17(16)19)15-5-3-2-4-6-15/h2-6,13-14H,7-12,19H2,1H3,(H,21,24). The molecule has 25 heavy (non-hydrogen) atoms. The van der Waals surface area contributed by atoms with Crippen molar-refractivity contribution < 1.29 is 9.53 Å². The summed E-state index contributed by atoms with van der Waals surface area (Å²) in [5.41, 5.74) is 7.40. The average molecular weight is 343 g/mol. The number of nitrogens with two attached hydrogens (primary N) is 1. The van der Waals surface area contributed by atoms with E-state index in [9.17, 15) is 4.79 Å². The molecule has 134 valence electrons. The second-order valence-electron chi connectivity index (χ2n) is 6.27. The van der Waals surface area contributed by atoms with Crippen molar-refractivity contribution >= 4 is 11.7 Å². The topological polar surface area (TPSA) is 85.4 Å². The zero-order valence-electron chi connectivity index (χ0n) is 14.5. The van der Waals surface area contributed by atoms with Gasteiger partial charge in [-0.2, -0.15) is 5.10 Å². The third-order valence-corrected chi connectivity index (χ3v) is 4.59. The molecule has 0 spiro atoms. The summed E-state index contributed by atoms with van der Waals surface area (Å²) in [4.78, 5) is 14.9. The SMILES string of the molecule is COCCN1CCC(NC(=O)c2cnn(-c3ccccc3)c2N)CC1. The summed E-state index contributed by atoms with van der Waals surface area (Å²) in [6.45, 7) is 3.61. The maximum Gasteiger partial charge on any atom is 0.256 e. The summed E-state index contributed by atoms with van der Waals surface area (Å²) >= 11 is 0. The molecule has 7 heteroatoms. The van der Waals surface area contributed by atoms with Gasteiger partial charge in [-0.25, -0.2) is 4.68 Å². The Morgan fingerprint density at radius 1 is 1.32 bits per heavy atom. The number of carbonyl (C=O) groups excluding carboxylic acids is 1. The van der Waals surface area contributed by atoms with Crippen LogP contribution in [0, 0.1) is 0 Å². The minimum absolute atomic E-state index is 0.157. The Hall–Kier alpha value is -2.38. The normalized spacial score (nSPS) is 16.0. The van der Waals surface area contributed by atoms with Crippen LogP contribution in [-0.4, -0.2) is 60.0 Å². The highest BCUT2D eigenvalue weighted by molar-refractivity contribution is 5.98. The molecule has 0 atom stereocenters. The number of rotatable bonds is 6. The van der Waals surface area contributed by atoms with Crippen LogP contribution in [0.15, 0.2) is 36.5 Å². The molecule has 3 rings (SSSR count). The molecular formula is C18H25N5O2. The lowest BCUT2D eigenvalue weighted by Crippen LogP contribution is -2.45. The number of para-hydroxylation sites is 1. The quantitative estimate of drug-likeness (QED) is 0.826. The highest BCUT2D eigenvalue weighted by atomic mass is 16.5. The molecule has 0 bridgehead atoms. The number of methoxy groups -OCH3 is 1. The zero-order valence-corrected chi connectivity index (χ0v) is 14.5. The number of likely N-dealkylation sites (tertiary alicyclic amines) is 1. The first-order chi connectivity index (χ1) is 12.2. The molecule has 2 heterocycles. The number of nitrogen functional groups attached to an aromatic ring is 1. The largest absolute Gasteiger partial charge is 0.383 e. The van der Waals surface area contributed by atoms with Crippen LogP contribution >= 0.6 is 0 Å². The van der Waals surface area contributed by atoms with Crippen LogP contribution in [-0.2, 0) is 4.74 Å². The van der Waals surface area contributed by atoms with Gasteiger partial charge in [0.2, 0.25) is 0 Å². The summed E-state index contributed by atoms with van der Waals surface area (Å²) in [5.74, 6) is 0.205. The van der Waals surface area contributed by atoms with Crippen LogP contribution < -0.4 is 11.1 Å². The number of benzene rings is 1. The maximum absolute atomic E-state index is 12.6. The Kier molecular flexibility index (Phi) is 5.67. The minimum Gasteiger partial charge on any atom is -0.383 e. The van der Waals surface area contributed by atoms with Gasteiger partial charge < -0.3 is 20.7 Å². The number of hydrogen-bond acceptors (Lipinski definition) is 5. The third-order valence-electron chi connectivity index (χ3n) is 4.59. The molecule has 0 saturated carbocycles. The lowest BCUT2D eigenvalue weighted by atomic mass is 10.0. The fraction of sp³-hybridized carbons (Fsp3) is 0.444. The molecule has 1 saturated heterocycles. The summed E-state index contributed by atoms with van der Waals surface area (Å²) in [6.07, 6.45) is 3.40. The van der Waals surface area contributed by atoms with E-state index in [-0.39, 0.29) is 11.9 Å².